The predicted molar refractivity (Wildman–Crippen MR) is 113 cm³/mol. The molecular formula is C19H32Cl2N4O. The first kappa shape index (κ1) is 23.0. The lowest BCUT2D eigenvalue weighted by Gasteiger charge is -2.35. The lowest BCUT2D eigenvalue weighted by Crippen LogP contribution is -2.46. The van der Waals surface area contributed by atoms with Gasteiger partial charge >= 0.3 is 0 Å². The van der Waals surface area contributed by atoms with E-state index in [2.05, 4.69) is 35.8 Å². The molecule has 0 saturated carbocycles. The van der Waals surface area contributed by atoms with Gasteiger partial charge in [-0.25, -0.2) is 0 Å². The third-order valence-electron chi connectivity index (χ3n) is 5.55. The van der Waals surface area contributed by atoms with Crippen molar-refractivity contribution in [3.05, 3.63) is 29.8 Å². The van der Waals surface area contributed by atoms with Gasteiger partial charge in [-0.1, -0.05) is 6.92 Å². The third kappa shape index (κ3) is 5.03. The summed E-state index contributed by atoms with van der Waals surface area (Å²) in [6, 6.07) is 8.43. The van der Waals surface area contributed by atoms with E-state index in [9.17, 15) is 4.79 Å². The molecular weight excluding hydrogens is 371 g/mol. The Bertz CT molecular complexity index is 561. The second-order valence-electron chi connectivity index (χ2n) is 7.11. The van der Waals surface area contributed by atoms with E-state index in [1.807, 2.05) is 17.0 Å². The first-order chi connectivity index (χ1) is 11.6. The molecule has 0 aliphatic carbocycles. The highest BCUT2D eigenvalue weighted by atomic mass is 35.5. The lowest BCUT2D eigenvalue weighted by molar-refractivity contribution is 0.0743. The van der Waals surface area contributed by atoms with E-state index >= 15 is 0 Å². The van der Waals surface area contributed by atoms with Crippen LogP contribution >= 0.6 is 24.8 Å². The number of halogens is 2. The average Bonchev–Trinajstić information content (AvgIpc) is 3.02. The molecule has 26 heavy (non-hydrogen) atoms. The number of likely N-dealkylation sites (N-methyl/N-ethyl adjacent to an activating group) is 1. The number of carbonyl (C=O) groups excluding carboxylic acids is 1. The maximum Gasteiger partial charge on any atom is 0.254 e. The molecule has 3 rings (SSSR count). The molecule has 148 valence electrons. The van der Waals surface area contributed by atoms with Crippen LogP contribution in [-0.2, 0) is 0 Å². The van der Waals surface area contributed by atoms with E-state index < -0.39 is 0 Å². The highest BCUT2D eigenvalue weighted by molar-refractivity contribution is 5.95. The number of hydrogen-bond donors (Lipinski definition) is 1. The second kappa shape index (κ2) is 10.4. The molecule has 5 nitrogen and oxygen atoms in total. The van der Waals surface area contributed by atoms with Gasteiger partial charge in [-0.2, -0.15) is 0 Å². The molecule has 1 aromatic rings. The van der Waals surface area contributed by atoms with E-state index in [-0.39, 0.29) is 36.8 Å². The van der Waals surface area contributed by atoms with Gasteiger partial charge in [0, 0.05) is 50.0 Å². The second-order valence-corrected chi connectivity index (χ2v) is 7.11. The first-order valence-corrected chi connectivity index (χ1v) is 9.20. The summed E-state index contributed by atoms with van der Waals surface area (Å²) < 4.78 is 0. The smallest absolute Gasteiger partial charge is 0.254 e. The SMILES string of the molecule is CCN1CCN(c2ccc(C(=O)N3CC(CN)CC3C)cc2)CC1.Cl.Cl. The molecule has 2 unspecified atom stereocenters. The summed E-state index contributed by atoms with van der Waals surface area (Å²) in [7, 11) is 0. The van der Waals surface area contributed by atoms with Crippen molar-refractivity contribution < 1.29 is 4.79 Å². The minimum Gasteiger partial charge on any atom is -0.369 e. The number of carbonyl (C=O) groups is 1. The summed E-state index contributed by atoms with van der Waals surface area (Å²) in [6.07, 6.45) is 1.02. The van der Waals surface area contributed by atoms with Crippen molar-refractivity contribution in [2.24, 2.45) is 11.7 Å². The van der Waals surface area contributed by atoms with Crippen LogP contribution < -0.4 is 10.6 Å². The molecule has 1 amide bonds. The molecule has 2 aliphatic heterocycles. The summed E-state index contributed by atoms with van der Waals surface area (Å²) in [5.74, 6) is 0.582. The molecule has 2 N–H and O–H groups in total. The Morgan fingerprint density at radius 1 is 1.12 bits per heavy atom. The summed E-state index contributed by atoms with van der Waals surface area (Å²) >= 11 is 0. The molecule has 1 aromatic carbocycles. The zero-order valence-corrected chi connectivity index (χ0v) is 17.4. The maximum atomic E-state index is 12.8. The third-order valence-corrected chi connectivity index (χ3v) is 5.55. The Morgan fingerprint density at radius 2 is 1.73 bits per heavy atom. The minimum absolute atomic E-state index is 0. The van der Waals surface area contributed by atoms with Crippen LogP contribution in [0.3, 0.4) is 0 Å². The van der Waals surface area contributed by atoms with Crippen LogP contribution in [0.1, 0.15) is 30.6 Å². The fraction of sp³-hybridized carbons (Fsp3) is 0.632. The minimum atomic E-state index is 0. The van der Waals surface area contributed by atoms with Crippen LogP contribution in [0.25, 0.3) is 0 Å². The van der Waals surface area contributed by atoms with Crippen LogP contribution in [0.4, 0.5) is 5.69 Å². The molecule has 0 spiro atoms. The molecule has 0 aromatic heterocycles. The largest absolute Gasteiger partial charge is 0.369 e. The number of anilines is 1. The summed E-state index contributed by atoms with van der Waals surface area (Å²) in [5, 5.41) is 0. The standard InChI is InChI=1S/C19H30N4O.2ClH/c1-3-21-8-10-22(11-9-21)18-6-4-17(5-7-18)19(24)23-14-16(13-20)12-15(23)2;;/h4-7,15-16H,3,8-14,20H2,1-2H3;2*1H. The number of hydrogen-bond acceptors (Lipinski definition) is 4. The number of nitrogens with zero attached hydrogens (tertiary/aromatic N) is 3. The van der Waals surface area contributed by atoms with Gasteiger partial charge in [-0.15, -0.1) is 24.8 Å². The molecule has 2 saturated heterocycles. The quantitative estimate of drug-likeness (QED) is 0.840. The normalized spacial score (nSPS) is 23.3. The number of amides is 1. The highest BCUT2D eigenvalue weighted by Gasteiger charge is 2.32. The molecule has 7 heteroatoms. The molecule has 2 fully saturated rings. The summed E-state index contributed by atoms with van der Waals surface area (Å²) in [6.45, 7) is 11.3. The Hall–Kier alpha value is -1.01. The van der Waals surface area contributed by atoms with E-state index in [1.165, 1.54) is 5.69 Å². The fourth-order valence-electron chi connectivity index (χ4n) is 3.90. The van der Waals surface area contributed by atoms with Crippen molar-refractivity contribution >= 4 is 36.4 Å². The van der Waals surface area contributed by atoms with Gasteiger partial charge in [0.15, 0.2) is 0 Å². The average molecular weight is 403 g/mol. The summed E-state index contributed by atoms with van der Waals surface area (Å²) in [4.78, 5) is 19.6. The monoisotopic (exact) mass is 402 g/mol. The molecule has 2 heterocycles. The van der Waals surface area contributed by atoms with Gasteiger partial charge in [0.05, 0.1) is 0 Å². The van der Waals surface area contributed by atoms with Gasteiger partial charge < -0.3 is 20.4 Å². The van der Waals surface area contributed by atoms with Crippen molar-refractivity contribution in [2.75, 3.05) is 50.7 Å². The van der Waals surface area contributed by atoms with Gasteiger partial charge in [-0.05, 0) is 56.6 Å². The van der Waals surface area contributed by atoms with Crippen LogP contribution in [0.2, 0.25) is 0 Å². The van der Waals surface area contributed by atoms with Crippen molar-refractivity contribution in [3.8, 4) is 0 Å². The number of piperazine rings is 1. The van der Waals surface area contributed by atoms with Crippen LogP contribution in [0.5, 0.6) is 0 Å². The Balaban J connectivity index is 0.00000169. The molecule has 2 atom stereocenters. The predicted octanol–water partition coefficient (Wildman–Crippen LogP) is 2.48. The van der Waals surface area contributed by atoms with Gasteiger partial charge in [0.2, 0.25) is 0 Å². The molecule has 2 aliphatic rings. The van der Waals surface area contributed by atoms with Crippen molar-refractivity contribution in [1.29, 1.82) is 0 Å². The van der Waals surface area contributed by atoms with Gasteiger partial charge in [-0.3, -0.25) is 4.79 Å². The molecule has 0 bridgehead atoms. The Morgan fingerprint density at radius 3 is 2.23 bits per heavy atom. The van der Waals surface area contributed by atoms with Crippen LogP contribution in [0.15, 0.2) is 24.3 Å². The topological polar surface area (TPSA) is 52.8 Å². The van der Waals surface area contributed by atoms with Gasteiger partial charge in [0.25, 0.3) is 5.91 Å². The number of nitrogens with two attached hydrogens (primary N) is 1. The lowest BCUT2D eigenvalue weighted by atomic mass is 10.1. The Labute approximate surface area is 169 Å². The maximum absolute atomic E-state index is 12.8. The zero-order chi connectivity index (χ0) is 17.1. The number of benzene rings is 1. The number of likely N-dealkylation sites (tertiary alicyclic amines) is 1. The van der Waals surface area contributed by atoms with Crippen molar-refractivity contribution in [1.82, 2.24) is 9.80 Å². The molecule has 0 radical (unpaired) electrons. The zero-order valence-electron chi connectivity index (χ0n) is 15.8. The van der Waals surface area contributed by atoms with E-state index in [0.29, 0.717) is 12.5 Å². The van der Waals surface area contributed by atoms with Gasteiger partial charge in [0.1, 0.15) is 0 Å². The van der Waals surface area contributed by atoms with Crippen molar-refractivity contribution in [3.63, 3.8) is 0 Å². The van der Waals surface area contributed by atoms with E-state index in [0.717, 1.165) is 51.3 Å². The van der Waals surface area contributed by atoms with E-state index in [1.54, 1.807) is 0 Å². The highest BCUT2D eigenvalue weighted by Crippen LogP contribution is 2.25. The van der Waals surface area contributed by atoms with Crippen LogP contribution in [0, 0.1) is 5.92 Å². The first-order valence-electron chi connectivity index (χ1n) is 9.20. The Kier molecular flexibility index (Phi) is 9.17. The summed E-state index contributed by atoms with van der Waals surface area (Å²) in [5.41, 5.74) is 7.78. The van der Waals surface area contributed by atoms with E-state index in [4.69, 9.17) is 5.73 Å². The van der Waals surface area contributed by atoms with Crippen molar-refractivity contribution in [2.45, 2.75) is 26.3 Å². The number of rotatable bonds is 4. The van der Waals surface area contributed by atoms with Crippen LogP contribution in [-0.4, -0.2) is 67.6 Å². The fourth-order valence-corrected chi connectivity index (χ4v) is 3.90.